The summed E-state index contributed by atoms with van der Waals surface area (Å²) < 4.78 is 0. The molecule has 98 valence electrons. The zero-order valence-electron chi connectivity index (χ0n) is 10.4. The number of carbonyl (C=O) groups is 1. The molecule has 0 spiro atoms. The van der Waals surface area contributed by atoms with Crippen molar-refractivity contribution < 1.29 is 15.0 Å². The summed E-state index contributed by atoms with van der Waals surface area (Å²) in [6.07, 6.45) is 0. The molecule has 19 heavy (non-hydrogen) atoms. The first kappa shape index (κ1) is 12.7. The lowest BCUT2D eigenvalue weighted by molar-refractivity contribution is 0.102. The first-order valence-electron chi connectivity index (χ1n) is 5.48. The molecule has 1 amide bonds. The van der Waals surface area contributed by atoms with E-state index < -0.39 is 5.91 Å². The monoisotopic (exact) mass is 260 g/mol. The number of carbonyl (C=O) groups excluding carboxylic acids is 1. The molecule has 3 N–H and O–H groups in total. The van der Waals surface area contributed by atoms with Gasteiger partial charge in [0.05, 0.1) is 17.0 Å². The second-order valence-electron chi connectivity index (χ2n) is 3.96. The van der Waals surface area contributed by atoms with Crippen LogP contribution in [0, 0.1) is 13.8 Å². The van der Waals surface area contributed by atoms with Crippen LogP contribution in [0.3, 0.4) is 0 Å². The predicted molar refractivity (Wildman–Crippen MR) is 67.0 cm³/mol. The van der Waals surface area contributed by atoms with Crippen molar-refractivity contribution in [2.45, 2.75) is 13.8 Å². The maximum Gasteiger partial charge on any atom is 0.261 e. The van der Waals surface area contributed by atoms with Crippen LogP contribution in [0.25, 0.3) is 0 Å². The van der Waals surface area contributed by atoms with E-state index in [0.717, 1.165) is 6.07 Å². The van der Waals surface area contributed by atoms with Gasteiger partial charge in [0.15, 0.2) is 0 Å². The van der Waals surface area contributed by atoms with Crippen LogP contribution in [0.2, 0.25) is 0 Å². The number of amides is 1. The lowest BCUT2D eigenvalue weighted by Gasteiger charge is -2.06. The van der Waals surface area contributed by atoms with Gasteiger partial charge in [-0.05, 0) is 26.0 Å². The van der Waals surface area contributed by atoms with Crippen molar-refractivity contribution in [3.63, 3.8) is 0 Å². The fraction of sp³-hybridized carbons (Fsp3) is 0.167. The molecule has 0 radical (unpaired) electrons. The summed E-state index contributed by atoms with van der Waals surface area (Å²) in [4.78, 5) is 15.9. The molecule has 7 nitrogen and oxygen atoms in total. The summed E-state index contributed by atoms with van der Waals surface area (Å²) in [6, 6.07) is 3.68. The number of nitrogens with one attached hydrogen (secondary N) is 1. The number of phenolic OH excluding ortho intramolecular Hbond substituents is 2. The predicted octanol–water partition coefficient (Wildman–Crippen LogP) is 1.15. The minimum absolute atomic E-state index is 0.0135. The Labute approximate surface area is 109 Å². The summed E-state index contributed by atoms with van der Waals surface area (Å²) >= 11 is 0. The summed E-state index contributed by atoms with van der Waals surface area (Å²) in [6.45, 7) is 3.50. The Bertz CT molecular complexity index is 643. The summed E-state index contributed by atoms with van der Waals surface area (Å²) in [5.41, 5.74) is 1.34. The van der Waals surface area contributed by atoms with Gasteiger partial charge in [0.1, 0.15) is 11.5 Å². The Balaban J connectivity index is 2.23. The second-order valence-corrected chi connectivity index (χ2v) is 3.96. The first-order valence-corrected chi connectivity index (χ1v) is 5.48. The number of anilines is 1. The van der Waals surface area contributed by atoms with Crippen LogP contribution in [0.4, 0.5) is 5.95 Å². The van der Waals surface area contributed by atoms with E-state index in [9.17, 15) is 9.90 Å². The van der Waals surface area contributed by atoms with Gasteiger partial charge < -0.3 is 10.2 Å². The van der Waals surface area contributed by atoms with Crippen molar-refractivity contribution in [3.05, 3.63) is 35.2 Å². The molecule has 0 bridgehead atoms. The highest BCUT2D eigenvalue weighted by Gasteiger charge is 2.13. The first-order chi connectivity index (χ1) is 8.97. The Kier molecular flexibility index (Phi) is 3.28. The maximum atomic E-state index is 11.9. The highest BCUT2D eigenvalue weighted by molar-refractivity contribution is 6.05. The summed E-state index contributed by atoms with van der Waals surface area (Å²) in [5.74, 6) is -0.976. The quantitative estimate of drug-likeness (QED) is 0.747. The zero-order valence-corrected chi connectivity index (χ0v) is 10.4. The number of rotatable bonds is 2. The van der Waals surface area contributed by atoms with E-state index in [1.165, 1.54) is 12.1 Å². The molecule has 7 heteroatoms. The molecule has 1 aromatic carbocycles. The standard InChI is InChI=1S/C12H12N4O3/c1-6-7(2)15-16-12(13-6)14-11(19)9-4-3-8(17)5-10(9)18/h3-5,17-18H,1-2H3,(H,13,14,16,19). The second kappa shape index (κ2) is 4.89. The molecular weight excluding hydrogens is 248 g/mol. The van der Waals surface area contributed by atoms with Crippen LogP contribution in [0.1, 0.15) is 21.7 Å². The van der Waals surface area contributed by atoms with Crippen molar-refractivity contribution >= 4 is 11.9 Å². The van der Waals surface area contributed by atoms with E-state index in [-0.39, 0.29) is 23.0 Å². The Morgan fingerprint density at radius 2 is 1.89 bits per heavy atom. The Morgan fingerprint density at radius 3 is 2.53 bits per heavy atom. The van der Waals surface area contributed by atoms with Crippen LogP contribution in [-0.2, 0) is 0 Å². The molecule has 0 fully saturated rings. The number of aromatic hydroxyl groups is 2. The average molecular weight is 260 g/mol. The molecule has 2 rings (SSSR count). The van der Waals surface area contributed by atoms with E-state index in [2.05, 4.69) is 20.5 Å². The van der Waals surface area contributed by atoms with Gasteiger partial charge in [0, 0.05) is 6.07 Å². The Hall–Kier alpha value is -2.70. The molecular formula is C12H12N4O3. The molecule has 1 heterocycles. The fourth-order valence-corrected chi connectivity index (χ4v) is 1.39. The third-order valence-corrected chi connectivity index (χ3v) is 2.54. The van der Waals surface area contributed by atoms with Gasteiger partial charge in [-0.1, -0.05) is 0 Å². The molecule has 0 aliphatic carbocycles. The molecule has 1 aromatic heterocycles. The highest BCUT2D eigenvalue weighted by atomic mass is 16.3. The molecule has 0 atom stereocenters. The molecule has 0 saturated carbocycles. The van der Waals surface area contributed by atoms with Crippen molar-refractivity contribution in [3.8, 4) is 11.5 Å². The lowest BCUT2D eigenvalue weighted by atomic mass is 10.2. The number of hydrogen-bond acceptors (Lipinski definition) is 6. The van der Waals surface area contributed by atoms with Crippen LogP contribution >= 0.6 is 0 Å². The number of nitrogens with zero attached hydrogens (tertiary/aromatic N) is 3. The van der Waals surface area contributed by atoms with Crippen LogP contribution < -0.4 is 5.32 Å². The van der Waals surface area contributed by atoms with Gasteiger partial charge in [-0.15, -0.1) is 5.10 Å². The minimum atomic E-state index is -0.581. The SMILES string of the molecule is Cc1nnc(NC(=O)c2ccc(O)cc2O)nc1C. The molecule has 0 aliphatic rings. The normalized spacial score (nSPS) is 10.2. The van der Waals surface area contributed by atoms with Gasteiger partial charge in [-0.2, -0.15) is 5.10 Å². The van der Waals surface area contributed by atoms with Crippen molar-refractivity contribution in [1.29, 1.82) is 0 Å². The highest BCUT2D eigenvalue weighted by Crippen LogP contribution is 2.23. The number of aromatic nitrogens is 3. The minimum Gasteiger partial charge on any atom is -0.508 e. The van der Waals surface area contributed by atoms with Crippen LogP contribution in [-0.4, -0.2) is 31.3 Å². The molecule has 2 aromatic rings. The van der Waals surface area contributed by atoms with Gasteiger partial charge >= 0.3 is 0 Å². The zero-order chi connectivity index (χ0) is 14.0. The lowest BCUT2D eigenvalue weighted by Crippen LogP contribution is -2.15. The topological polar surface area (TPSA) is 108 Å². The van der Waals surface area contributed by atoms with Crippen LogP contribution in [0.15, 0.2) is 18.2 Å². The van der Waals surface area contributed by atoms with E-state index in [0.29, 0.717) is 11.4 Å². The van der Waals surface area contributed by atoms with E-state index in [1.807, 2.05) is 0 Å². The molecule has 0 unspecified atom stereocenters. The van der Waals surface area contributed by atoms with Crippen molar-refractivity contribution in [2.75, 3.05) is 5.32 Å². The van der Waals surface area contributed by atoms with Gasteiger partial charge in [0.25, 0.3) is 5.91 Å². The third-order valence-electron chi connectivity index (χ3n) is 2.54. The Morgan fingerprint density at radius 1 is 1.16 bits per heavy atom. The van der Waals surface area contributed by atoms with Crippen molar-refractivity contribution in [1.82, 2.24) is 15.2 Å². The molecule has 0 aliphatic heterocycles. The van der Waals surface area contributed by atoms with Crippen molar-refractivity contribution in [2.24, 2.45) is 0 Å². The van der Waals surface area contributed by atoms with E-state index in [4.69, 9.17) is 5.11 Å². The number of benzene rings is 1. The van der Waals surface area contributed by atoms with Gasteiger partial charge in [-0.25, -0.2) is 4.98 Å². The van der Waals surface area contributed by atoms with E-state index in [1.54, 1.807) is 13.8 Å². The smallest absolute Gasteiger partial charge is 0.261 e. The van der Waals surface area contributed by atoms with Gasteiger partial charge in [0.2, 0.25) is 5.95 Å². The maximum absolute atomic E-state index is 11.9. The molecule has 0 saturated heterocycles. The number of aryl methyl sites for hydroxylation is 2. The largest absolute Gasteiger partial charge is 0.508 e. The number of phenols is 2. The number of hydrogen-bond donors (Lipinski definition) is 3. The van der Waals surface area contributed by atoms with Crippen LogP contribution in [0.5, 0.6) is 11.5 Å². The average Bonchev–Trinajstić information content (AvgIpc) is 2.33. The summed E-state index contributed by atoms with van der Waals surface area (Å²) in [7, 11) is 0. The fourth-order valence-electron chi connectivity index (χ4n) is 1.39. The van der Waals surface area contributed by atoms with Gasteiger partial charge in [-0.3, -0.25) is 10.1 Å². The van der Waals surface area contributed by atoms with E-state index >= 15 is 0 Å². The summed E-state index contributed by atoms with van der Waals surface area (Å²) in [5, 5.41) is 28.7. The third kappa shape index (κ3) is 2.76.